The molecule has 1 fully saturated rings. The lowest BCUT2D eigenvalue weighted by Gasteiger charge is -2.33. The van der Waals surface area contributed by atoms with Gasteiger partial charge in [0, 0.05) is 29.1 Å². The highest BCUT2D eigenvalue weighted by atomic mass is 79.9. The van der Waals surface area contributed by atoms with Crippen LogP contribution in [0, 0.1) is 0 Å². The molecule has 3 aromatic carbocycles. The van der Waals surface area contributed by atoms with E-state index >= 15 is 0 Å². The van der Waals surface area contributed by atoms with Crippen molar-refractivity contribution in [2.45, 2.75) is 76.9 Å². The smallest absolute Gasteiger partial charge is 0.261 e. The molecule has 0 saturated heterocycles. The van der Waals surface area contributed by atoms with Gasteiger partial charge in [0.05, 0.1) is 4.47 Å². The molecule has 0 heterocycles. The number of benzene rings is 3. The van der Waals surface area contributed by atoms with Crippen LogP contribution in [0.15, 0.2) is 71.2 Å². The third kappa shape index (κ3) is 8.97. The van der Waals surface area contributed by atoms with Gasteiger partial charge in [0.1, 0.15) is 11.8 Å². The molecule has 8 heteroatoms. The fourth-order valence-corrected chi connectivity index (χ4v) is 6.13. The quantitative estimate of drug-likeness (QED) is 0.225. The molecule has 0 radical (unpaired) electrons. The van der Waals surface area contributed by atoms with Crippen LogP contribution in [0.5, 0.6) is 5.75 Å². The first-order valence-electron chi connectivity index (χ1n) is 14.2. The van der Waals surface area contributed by atoms with E-state index in [1.165, 1.54) is 6.42 Å². The molecule has 5 nitrogen and oxygen atoms in total. The van der Waals surface area contributed by atoms with Gasteiger partial charge in [0.2, 0.25) is 5.91 Å². The van der Waals surface area contributed by atoms with Gasteiger partial charge in [-0.1, -0.05) is 98.8 Å². The number of nitrogens with one attached hydrogen (secondary N) is 1. The highest BCUT2D eigenvalue weighted by Crippen LogP contribution is 2.30. The Bertz CT molecular complexity index is 1330. The van der Waals surface area contributed by atoms with Crippen LogP contribution in [-0.2, 0) is 22.6 Å². The Morgan fingerprint density at radius 3 is 2.39 bits per heavy atom. The number of hydrogen-bond acceptors (Lipinski definition) is 3. The Hall–Kier alpha value is -2.54. The first-order chi connectivity index (χ1) is 19.7. The second kappa shape index (κ2) is 15.1. The molecule has 218 valence electrons. The molecule has 2 amide bonds. The Morgan fingerprint density at radius 2 is 1.73 bits per heavy atom. The predicted molar refractivity (Wildman–Crippen MR) is 170 cm³/mol. The zero-order chi connectivity index (χ0) is 29.4. The minimum atomic E-state index is -0.756. The third-order valence-electron chi connectivity index (χ3n) is 7.55. The van der Waals surface area contributed by atoms with Gasteiger partial charge in [0.25, 0.3) is 5.91 Å². The predicted octanol–water partition coefficient (Wildman–Crippen LogP) is 8.35. The van der Waals surface area contributed by atoms with Gasteiger partial charge < -0.3 is 15.0 Å². The van der Waals surface area contributed by atoms with E-state index in [0.717, 1.165) is 41.3 Å². The van der Waals surface area contributed by atoms with Gasteiger partial charge in [-0.05, 0) is 75.6 Å². The molecule has 41 heavy (non-hydrogen) atoms. The van der Waals surface area contributed by atoms with Crippen LogP contribution in [0.4, 0.5) is 0 Å². The summed E-state index contributed by atoms with van der Waals surface area (Å²) in [5.74, 6) is 0.457. The maximum Gasteiger partial charge on any atom is 0.261 e. The summed E-state index contributed by atoms with van der Waals surface area (Å²) in [5.41, 5.74) is 2.83. The van der Waals surface area contributed by atoms with Crippen LogP contribution in [-0.4, -0.2) is 35.4 Å². The van der Waals surface area contributed by atoms with Crippen molar-refractivity contribution >= 4 is 50.9 Å². The van der Waals surface area contributed by atoms with Gasteiger partial charge in [-0.25, -0.2) is 0 Å². The molecule has 1 unspecified atom stereocenters. The first kappa shape index (κ1) is 31.4. The van der Waals surface area contributed by atoms with Crippen LogP contribution in [0.25, 0.3) is 0 Å². The minimum Gasteiger partial charge on any atom is -0.483 e. The molecule has 1 N–H and O–H groups in total. The lowest BCUT2D eigenvalue weighted by molar-refractivity contribution is -0.143. The molecule has 1 aliphatic rings. The van der Waals surface area contributed by atoms with Crippen molar-refractivity contribution in [1.82, 2.24) is 10.2 Å². The van der Waals surface area contributed by atoms with Gasteiger partial charge in [-0.2, -0.15) is 0 Å². The van der Waals surface area contributed by atoms with E-state index in [9.17, 15) is 9.59 Å². The van der Waals surface area contributed by atoms with Crippen molar-refractivity contribution in [1.29, 1.82) is 0 Å². The summed E-state index contributed by atoms with van der Waals surface area (Å²) >= 11 is 16.3. The van der Waals surface area contributed by atoms with E-state index in [1.54, 1.807) is 23.1 Å². The summed E-state index contributed by atoms with van der Waals surface area (Å²) < 4.78 is 6.79. The zero-order valence-electron chi connectivity index (χ0n) is 23.5. The van der Waals surface area contributed by atoms with Gasteiger partial charge in [-0.15, -0.1) is 0 Å². The SMILES string of the molecule is CC(C)c1ccc(OCC(=O)N(Cc2ccc(Cl)cc2Cl)C(Cc2ccccc2)C(=O)NC2CCCCC2)c(Br)c1. The molecule has 1 saturated carbocycles. The maximum absolute atomic E-state index is 14.0. The van der Waals surface area contributed by atoms with E-state index in [1.807, 2.05) is 48.5 Å². The van der Waals surface area contributed by atoms with Crippen LogP contribution in [0.1, 0.15) is 68.6 Å². The molecule has 0 aliphatic heterocycles. The Balaban J connectivity index is 1.63. The van der Waals surface area contributed by atoms with Crippen LogP contribution >= 0.6 is 39.1 Å². The summed E-state index contributed by atoms with van der Waals surface area (Å²) in [6.07, 6.45) is 5.63. The van der Waals surface area contributed by atoms with Crippen LogP contribution in [0.2, 0.25) is 10.0 Å². The van der Waals surface area contributed by atoms with E-state index in [-0.39, 0.29) is 31.0 Å². The molecule has 1 atom stereocenters. The molecular formula is C33H37BrCl2N2O3. The standard InChI is InChI=1S/C33H37BrCl2N2O3/c1-22(2)24-14-16-31(28(34)18-24)41-21-32(39)38(20-25-13-15-26(35)19-29(25)36)30(17-23-9-5-3-6-10-23)33(40)37-27-11-7-4-8-12-27/h3,5-6,9-10,13-16,18-19,22,27,30H,4,7-8,11-12,17,20-21H2,1-2H3,(H,37,40). The second-order valence-electron chi connectivity index (χ2n) is 10.9. The monoisotopic (exact) mass is 658 g/mol. The van der Waals surface area contributed by atoms with Crippen molar-refractivity contribution in [3.8, 4) is 5.75 Å². The third-order valence-corrected chi connectivity index (χ3v) is 8.76. The number of ether oxygens (including phenoxy) is 1. The first-order valence-corrected chi connectivity index (χ1v) is 15.8. The van der Waals surface area contributed by atoms with Crippen molar-refractivity contribution in [3.63, 3.8) is 0 Å². The molecule has 3 aromatic rings. The van der Waals surface area contributed by atoms with Gasteiger partial charge in [0.15, 0.2) is 6.61 Å². The molecular weight excluding hydrogens is 623 g/mol. The summed E-state index contributed by atoms with van der Waals surface area (Å²) in [5, 5.41) is 4.19. The van der Waals surface area contributed by atoms with Crippen molar-refractivity contribution in [2.75, 3.05) is 6.61 Å². The van der Waals surface area contributed by atoms with E-state index in [4.69, 9.17) is 27.9 Å². The van der Waals surface area contributed by atoms with E-state index < -0.39 is 6.04 Å². The number of hydrogen-bond donors (Lipinski definition) is 1. The van der Waals surface area contributed by atoms with Crippen molar-refractivity contribution in [2.24, 2.45) is 0 Å². The Kier molecular flexibility index (Phi) is 11.5. The van der Waals surface area contributed by atoms with Crippen LogP contribution < -0.4 is 10.1 Å². The maximum atomic E-state index is 14.0. The topological polar surface area (TPSA) is 58.6 Å². The number of nitrogens with zero attached hydrogens (tertiary/aromatic N) is 1. The summed E-state index contributed by atoms with van der Waals surface area (Å²) in [6, 6.07) is 20.2. The van der Waals surface area contributed by atoms with E-state index in [0.29, 0.717) is 33.7 Å². The highest BCUT2D eigenvalue weighted by Gasteiger charge is 2.32. The Morgan fingerprint density at radius 1 is 1.00 bits per heavy atom. The minimum absolute atomic E-state index is 0.109. The fourth-order valence-electron chi connectivity index (χ4n) is 5.15. The normalized spacial score (nSPS) is 14.5. The number of amides is 2. The summed E-state index contributed by atoms with van der Waals surface area (Å²) in [4.78, 5) is 29.5. The molecule has 4 rings (SSSR count). The number of carbonyl (C=O) groups excluding carboxylic acids is 2. The molecule has 0 spiro atoms. The molecule has 0 aromatic heterocycles. The summed E-state index contributed by atoms with van der Waals surface area (Å²) in [7, 11) is 0. The largest absolute Gasteiger partial charge is 0.483 e. The second-order valence-corrected chi connectivity index (χ2v) is 12.6. The van der Waals surface area contributed by atoms with Gasteiger partial charge >= 0.3 is 0 Å². The zero-order valence-corrected chi connectivity index (χ0v) is 26.6. The van der Waals surface area contributed by atoms with Crippen LogP contribution in [0.3, 0.4) is 0 Å². The summed E-state index contributed by atoms with van der Waals surface area (Å²) in [6.45, 7) is 4.15. The number of carbonyl (C=O) groups is 2. The lowest BCUT2D eigenvalue weighted by Crippen LogP contribution is -2.53. The van der Waals surface area contributed by atoms with Crippen molar-refractivity contribution < 1.29 is 14.3 Å². The molecule has 1 aliphatic carbocycles. The fraction of sp³-hybridized carbons (Fsp3) is 0.394. The van der Waals surface area contributed by atoms with E-state index in [2.05, 4.69) is 35.1 Å². The van der Waals surface area contributed by atoms with Gasteiger partial charge in [-0.3, -0.25) is 9.59 Å². The average molecular weight is 660 g/mol. The van der Waals surface area contributed by atoms with Crippen molar-refractivity contribution in [3.05, 3.63) is 97.9 Å². The number of rotatable bonds is 11. The average Bonchev–Trinajstić information content (AvgIpc) is 2.96. The highest BCUT2D eigenvalue weighted by molar-refractivity contribution is 9.10. The Labute approximate surface area is 261 Å². The lowest BCUT2D eigenvalue weighted by atomic mass is 9.94. The molecule has 0 bridgehead atoms. The number of halogens is 3.